The number of carbonyl (C=O) groups is 1. The van der Waals surface area contributed by atoms with Gasteiger partial charge in [-0.25, -0.2) is 0 Å². The van der Waals surface area contributed by atoms with E-state index in [1.807, 2.05) is 19.1 Å². The van der Waals surface area contributed by atoms with Crippen molar-refractivity contribution in [1.29, 1.82) is 0 Å². The van der Waals surface area contributed by atoms with Crippen LogP contribution in [0.1, 0.15) is 25.8 Å². The Balaban J connectivity index is 1.32. The number of thioether (sulfide) groups is 1. The predicted octanol–water partition coefficient (Wildman–Crippen LogP) is 3.52. The molecule has 1 aliphatic carbocycles. The van der Waals surface area contributed by atoms with Crippen molar-refractivity contribution >= 4 is 23.4 Å². The maximum absolute atomic E-state index is 12.7. The zero-order chi connectivity index (χ0) is 19.8. The van der Waals surface area contributed by atoms with Crippen LogP contribution in [0.4, 0.5) is 5.69 Å². The molecule has 0 bridgehead atoms. The van der Waals surface area contributed by atoms with Gasteiger partial charge in [-0.1, -0.05) is 11.8 Å². The fraction of sp³-hybridized carbons (Fsp3) is 0.300. The van der Waals surface area contributed by atoms with Crippen LogP contribution >= 0.6 is 11.8 Å². The summed E-state index contributed by atoms with van der Waals surface area (Å²) in [5, 5.41) is 12.1. The number of hydrogen-bond acceptors (Lipinski definition) is 7. The standard InChI is InChI=1S/C20H19N5O3S/c1-12(19(26)22-14-2-5-16-17(10-14)28-11-27-16)29-20-24-23-18(25(20)15-3-4-15)13-6-8-21-9-7-13/h2,5-10,12,15H,3-4,11H2,1H3,(H,22,26)/t12-/m0/s1. The highest BCUT2D eigenvalue weighted by atomic mass is 32.2. The lowest BCUT2D eigenvalue weighted by molar-refractivity contribution is -0.115. The second-order valence-corrected chi connectivity index (χ2v) is 8.27. The number of amides is 1. The molecule has 1 atom stereocenters. The van der Waals surface area contributed by atoms with Gasteiger partial charge in [0, 0.05) is 35.8 Å². The number of nitrogens with one attached hydrogen (secondary N) is 1. The highest BCUT2D eigenvalue weighted by Crippen LogP contribution is 2.41. The Labute approximate surface area is 171 Å². The van der Waals surface area contributed by atoms with E-state index in [1.54, 1.807) is 30.6 Å². The van der Waals surface area contributed by atoms with E-state index in [4.69, 9.17) is 9.47 Å². The van der Waals surface area contributed by atoms with E-state index >= 15 is 0 Å². The van der Waals surface area contributed by atoms with Gasteiger partial charge < -0.3 is 14.8 Å². The molecule has 1 saturated carbocycles. The Kier molecular flexibility index (Phi) is 4.59. The number of rotatable bonds is 6. The van der Waals surface area contributed by atoms with Gasteiger partial charge in [0.25, 0.3) is 0 Å². The first kappa shape index (κ1) is 18.0. The van der Waals surface area contributed by atoms with Gasteiger partial charge >= 0.3 is 0 Å². The van der Waals surface area contributed by atoms with Crippen LogP contribution in [0.2, 0.25) is 0 Å². The van der Waals surface area contributed by atoms with Crippen molar-refractivity contribution in [2.45, 2.75) is 36.2 Å². The van der Waals surface area contributed by atoms with Gasteiger partial charge in [0.15, 0.2) is 22.5 Å². The molecule has 148 valence electrons. The second-order valence-electron chi connectivity index (χ2n) is 6.96. The molecule has 3 heterocycles. The highest BCUT2D eigenvalue weighted by molar-refractivity contribution is 8.00. The summed E-state index contributed by atoms with van der Waals surface area (Å²) in [6.45, 7) is 2.07. The van der Waals surface area contributed by atoms with Crippen LogP contribution in [0.25, 0.3) is 11.4 Å². The van der Waals surface area contributed by atoms with Crippen LogP contribution in [-0.4, -0.2) is 37.7 Å². The molecule has 0 spiro atoms. The van der Waals surface area contributed by atoms with Gasteiger partial charge in [-0.2, -0.15) is 0 Å². The Morgan fingerprint density at radius 2 is 1.97 bits per heavy atom. The molecule has 0 saturated heterocycles. The molecule has 29 heavy (non-hydrogen) atoms. The summed E-state index contributed by atoms with van der Waals surface area (Å²) in [6, 6.07) is 9.60. The van der Waals surface area contributed by atoms with Gasteiger partial charge in [-0.05, 0) is 44.0 Å². The maximum Gasteiger partial charge on any atom is 0.237 e. The first-order valence-electron chi connectivity index (χ1n) is 9.41. The number of benzene rings is 1. The van der Waals surface area contributed by atoms with Gasteiger partial charge in [0.1, 0.15) is 0 Å². The molecule has 1 fully saturated rings. The van der Waals surface area contributed by atoms with Gasteiger partial charge in [0.2, 0.25) is 12.7 Å². The Hall–Kier alpha value is -3.07. The van der Waals surface area contributed by atoms with E-state index < -0.39 is 0 Å². The molecule has 1 aromatic carbocycles. The molecule has 3 aromatic rings. The van der Waals surface area contributed by atoms with E-state index in [9.17, 15) is 4.79 Å². The number of aromatic nitrogens is 4. The van der Waals surface area contributed by atoms with Gasteiger partial charge in [0.05, 0.1) is 5.25 Å². The minimum Gasteiger partial charge on any atom is -0.454 e. The van der Waals surface area contributed by atoms with Crippen molar-refractivity contribution in [3.05, 3.63) is 42.7 Å². The van der Waals surface area contributed by atoms with E-state index in [1.165, 1.54) is 11.8 Å². The predicted molar refractivity (Wildman–Crippen MR) is 108 cm³/mol. The van der Waals surface area contributed by atoms with Crippen LogP contribution in [0.5, 0.6) is 11.5 Å². The average molecular weight is 409 g/mol. The second kappa shape index (κ2) is 7.40. The minimum atomic E-state index is -0.340. The molecule has 2 aromatic heterocycles. The number of fused-ring (bicyclic) bond motifs is 1. The summed E-state index contributed by atoms with van der Waals surface area (Å²) < 4.78 is 12.8. The van der Waals surface area contributed by atoms with E-state index in [0.29, 0.717) is 23.2 Å². The number of nitrogens with zero attached hydrogens (tertiary/aromatic N) is 4. The zero-order valence-corrected chi connectivity index (χ0v) is 16.6. The van der Waals surface area contributed by atoms with Crippen molar-refractivity contribution < 1.29 is 14.3 Å². The molecule has 1 amide bonds. The zero-order valence-electron chi connectivity index (χ0n) is 15.7. The normalized spacial score (nSPS) is 15.9. The molecule has 5 rings (SSSR count). The van der Waals surface area contributed by atoms with Crippen molar-refractivity contribution in [1.82, 2.24) is 19.7 Å². The molecular weight excluding hydrogens is 390 g/mol. The van der Waals surface area contributed by atoms with Crippen molar-refractivity contribution in [2.24, 2.45) is 0 Å². The molecule has 9 heteroatoms. The maximum atomic E-state index is 12.7. The number of carbonyl (C=O) groups excluding carboxylic acids is 1. The lowest BCUT2D eigenvalue weighted by atomic mass is 10.2. The minimum absolute atomic E-state index is 0.107. The topological polar surface area (TPSA) is 91.2 Å². The van der Waals surface area contributed by atoms with E-state index in [-0.39, 0.29) is 18.0 Å². The summed E-state index contributed by atoms with van der Waals surface area (Å²) in [5.41, 5.74) is 1.65. The van der Waals surface area contributed by atoms with E-state index in [0.717, 1.165) is 29.4 Å². The Morgan fingerprint density at radius 3 is 2.76 bits per heavy atom. The van der Waals surface area contributed by atoms with Crippen molar-refractivity contribution in [3.63, 3.8) is 0 Å². The number of ether oxygens (including phenoxy) is 2. The van der Waals surface area contributed by atoms with Gasteiger partial charge in [-0.3, -0.25) is 14.3 Å². The fourth-order valence-electron chi connectivity index (χ4n) is 3.15. The first-order chi connectivity index (χ1) is 14.2. The van der Waals surface area contributed by atoms with Crippen molar-refractivity contribution in [2.75, 3.05) is 12.1 Å². The molecule has 1 aliphatic heterocycles. The number of anilines is 1. The quantitative estimate of drug-likeness (QED) is 0.623. The molecule has 1 N–H and O–H groups in total. The summed E-state index contributed by atoms with van der Waals surface area (Å²) >= 11 is 1.41. The largest absolute Gasteiger partial charge is 0.454 e. The third kappa shape index (κ3) is 3.65. The van der Waals surface area contributed by atoms with Gasteiger partial charge in [-0.15, -0.1) is 10.2 Å². The Bertz CT molecular complexity index is 1050. The monoisotopic (exact) mass is 409 g/mol. The summed E-state index contributed by atoms with van der Waals surface area (Å²) in [7, 11) is 0. The highest BCUT2D eigenvalue weighted by Gasteiger charge is 2.31. The van der Waals surface area contributed by atoms with Crippen LogP contribution in [0, 0.1) is 0 Å². The number of pyridine rings is 1. The van der Waals surface area contributed by atoms with Crippen molar-refractivity contribution in [3.8, 4) is 22.9 Å². The average Bonchev–Trinajstić information content (AvgIpc) is 3.32. The lowest BCUT2D eigenvalue weighted by Gasteiger charge is -2.13. The van der Waals surface area contributed by atoms with E-state index in [2.05, 4.69) is 25.1 Å². The van der Waals surface area contributed by atoms with Crippen LogP contribution in [-0.2, 0) is 4.79 Å². The Morgan fingerprint density at radius 1 is 1.17 bits per heavy atom. The van der Waals surface area contributed by atoms with Crippen LogP contribution in [0.3, 0.4) is 0 Å². The third-order valence-electron chi connectivity index (χ3n) is 4.81. The molecule has 2 aliphatic rings. The first-order valence-corrected chi connectivity index (χ1v) is 10.3. The third-order valence-corrected chi connectivity index (χ3v) is 5.86. The smallest absolute Gasteiger partial charge is 0.237 e. The molecule has 0 unspecified atom stereocenters. The van der Waals surface area contributed by atoms with Crippen LogP contribution < -0.4 is 14.8 Å². The summed E-state index contributed by atoms with van der Waals surface area (Å²) in [6.07, 6.45) is 5.69. The molecule has 8 nitrogen and oxygen atoms in total. The lowest BCUT2D eigenvalue weighted by Crippen LogP contribution is -2.22. The molecular formula is C20H19N5O3S. The SMILES string of the molecule is C[C@H](Sc1nnc(-c2ccncc2)n1C1CC1)C(=O)Nc1ccc2c(c1)OCO2. The molecule has 0 radical (unpaired) electrons. The summed E-state index contributed by atoms with van der Waals surface area (Å²) in [4.78, 5) is 16.8. The number of hydrogen-bond donors (Lipinski definition) is 1. The van der Waals surface area contributed by atoms with Crippen LogP contribution in [0.15, 0.2) is 47.9 Å². The summed E-state index contributed by atoms with van der Waals surface area (Å²) in [5.74, 6) is 2.04. The fourth-order valence-corrected chi connectivity index (χ4v) is 4.07.